The molecule has 0 fully saturated rings. The van der Waals surface area contributed by atoms with Gasteiger partial charge in [-0.3, -0.25) is 4.79 Å². The molecule has 0 saturated heterocycles. The first kappa shape index (κ1) is 13.3. The van der Waals surface area contributed by atoms with Gasteiger partial charge >= 0.3 is 6.16 Å². The van der Waals surface area contributed by atoms with Gasteiger partial charge in [0.25, 0.3) is 0 Å². The van der Waals surface area contributed by atoms with Crippen LogP contribution in [0.4, 0.5) is 10.5 Å². The highest BCUT2D eigenvalue weighted by molar-refractivity contribution is 6.29. The van der Waals surface area contributed by atoms with E-state index in [2.05, 4.69) is 4.74 Å². The number of methoxy groups -OCH3 is 1. The van der Waals surface area contributed by atoms with Crippen LogP contribution in [0.25, 0.3) is 0 Å². The average molecular weight is 258 g/mol. The molecule has 17 heavy (non-hydrogen) atoms. The molecule has 0 aliphatic rings. The monoisotopic (exact) mass is 257 g/mol. The molecule has 0 heterocycles. The van der Waals surface area contributed by atoms with Gasteiger partial charge in [-0.15, -0.1) is 11.6 Å². The van der Waals surface area contributed by atoms with Crippen LogP contribution < -0.4 is 9.64 Å². The van der Waals surface area contributed by atoms with Crippen molar-refractivity contribution in [2.75, 3.05) is 24.9 Å². The zero-order valence-corrected chi connectivity index (χ0v) is 10.2. The fourth-order valence-corrected chi connectivity index (χ4v) is 1.36. The number of hydrogen-bond donors (Lipinski definition) is 0. The third-order valence-corrected chi connectivity index (χ3v) is 2.30. The van der Waals surface area contributed by atoms with Crippen LogP contribution in [0.15, 0.2) is 24.3 Å². The highest BCUT2D eigenvalue weighted by Gasteiger charge is 2.16. The van der Waals surface area contributed by atoms with E-state index in [1.54, 1.807) is 31.3 Å². The van der Waals surface area contributed by atoms with E-state index in [1.165, 1.54) is 12.0 Å². The van der Waals surface area contributed by atoms with Crippen LogP contribution in [0.2, 0.25) is 0 Å². The van der Waals surface area contributed by atoms with Crippen molar-refractivity contribution in [3.8, 4) is 5.75 Å². The Hall–Kier alpha value is -1.75. The lowest BCUT2D eigenvalue weighted by Crippen LogP contribution is -2.28. The number of carbonyl (C=O) groups is 2. The van der Waals surface area contributed by atoms with Gasteiger partial charge in [0, 0.05) is 7.05 Å². The predicted molar refractivity (Wildman–Crippen MR) is 63.6 cm³/mol. The lowest BCUT2D eigenvalue weighted by atomic mass is 10.2. The van der Waals surface area contributed by atoms with Gasteiger partial charge in [0.15, 0.2) is 5.75 Å². The van der Waals surface area contributed by atoms with Crippen LogP contribution in [0.5, 0.6) is 5.75 Å². The van der Waals surface area contributed by atoms with E-state index in [0.717, 1.165) is 0 Å². The number of halogens is 1. The molecule has 0 radical (unpaired) electrons. The molecule has 0 saturated carbocycles. The van der Waals surface area contributed by atoms with Gasteiger partial charge in [0.2, 0.25) is 5.91 Å². The lowest BCUT2D eigenvalue weighted by molar-refractivity contribution is -0.116. The molecule has 1 rings (SSSR count). The first-order chi connectivity index (χ1) is 8.10. The zero-order chi connectivity index (χ0) is 12.8. The highest BCUT2D eigenvalue weighted by Crippen LogP contribution is 2.27. The lowest BCUT2D eigenvalue weighted by Gasteiger charge is -2.18. The topological polar surface area (TPSA) is 55.8 Å². The molecule has 0 bridgehead atoms. The summed E-state index contributed by atoms with van der Waals surface area (Å²) < 4.78 is 9.30. The molecule has 5 nitrogen and oxygen atoms in total. The number of ether oxygens (including phenoxy) is 2. The van der Waals surface area contributed by atoms with Crippen molar-refractivity contribution >= 4 is 29.4 Å². The Bertz CT molecular complexity index is 422. The van der Waals surface area contributed by atoms with Crippen molar-refractivity contribution in [1.82, 2.24) is 0 Å². The third kappa shape index (κ3) is 3.35. The van der Waals surface area contributed by atoms with Crippen molar-refractivity contribution in [3.63, 3.8) is 0 Å². The van der Waals surface area contributed by atoms with Gasteiger partial charge in [0.05, 0.1) is 12.8 Å². The summed E-state index contributed by atoms with van der Waals surface area (Å²) in [5.41, 5.74) is 0.448. The summed E-state index contributed by atoms with van der Waals surface area (Å²) in [7, 11) is 2.75. The maximum atomic E-state index is 11.4. The number of nitrogens with zero attached hydrogens (tertiary/aromatic N) is 1. The van der Waals surface area contributed by atoms with E-state index in [-0.39, 0.29) is 17.5 Å². The second-order valence-corrected chi connectivity index (χ2v) is 3.38. The van der Waals surface area contributed by atoms with Crippen molar-refractivity contribution in [1.29, 1.82) is 0 Å². The van der Waals surface area contributed by atoms with Gasteiger partial charge in [-0.2, -0.15) is 0 Å². The van der Waals surface area contributed by atoms with Crippen LogP contribution >= 0.6 is 11.6 Å². The molecular weight excluding hydrogens is 246 g/mol. The summed E-state index contributed by atoms with van der Waals surface area (Å²) in [6, 6.07) is 6.60. The standard InChI is InChI=1S/C11H12ClNO4/c1-13(10(14)7-12)8-5-3-4-6-9(8)17-11(15)16-2/h3-6H,7H2,1-2H3. The minimum atomic E-state index is -0.843. The van der Waals surface area contributed by atoms with E-state index in [9.17, 15) is 9.59 Å². The minimum absolute atomic E-state index is 0.150. The van der Waals surface area contributed by atoms with Gasteiger partial charge in [0.1, 0.15) is 5.88 Å². The Labute approximate surface area is 104 Å². The van der Waals surface area contributed by atoms with Crippen LogP contribution in [0.3, 0.4) is 0 Å². The number of hydrogen-bond acceptors (Lipinski definition) is 4. The molecule has 92 valence electrons. The number of alkyl halides is 1. The van der Waals surface area contributed by atoms with E-state index in [4.69, 9.17) is 16.3 Å². The van der Waals surface area contributed by atoms with Crippen molar-refractivity contribution in [2.24, 2.45) is 0 Å². The summed E-state index contributed by atoms with van der Waals surface area (Å²) in [4.78, 5) is 23.8. The molecule has 0 atom stereocenters. The average Bonchev–Trinajstić information content (AvgIpc) is 2.37. The molecular formula is C11H12ClNO4. The zero-order valence-electron chi connectivity index (χ0n) is 9.47. The van der Waals surface area contributed by atoms with Crippen LogP contribution in [0, 0.1) is 0 Å². The van der Waals surface area contributed by atoms with Crippen LogP contribution in [-0.4, -0.2) is 32.1 Å². The SMILES string of the molecule is COC(=O)Oc1ccccc1N(C)C(=O)CCl. The van der Waals surface area contributed by atoms with Crippen molar-refractivity contribution in [2.45, 2.75) is 0 Å². The summed E-state index contributed by atoms with van der Waals surface area (Å²) in [5.74, 6) is -0.212. The predicted octanol–water partition coefficient (Wildman–Crippen LogP) is 2.03. The quantitative estimate of drug-likeness (QED) is 0.472. The van der Waals surface area contributed by atoms with Gasteiger partial charge in [-0.1, -0.05) is 12.1 Å². The third-order valence-electron chi connectivity index (χ3n) is 2.07. The smallest absolute Gasteiger partial charge is 0.437 e. The second-order valence-electron chi connectivity index (χ2n) is 3.11. The molecule has 1 aromatic rings. The Morgan fingerprint density at radius 2 is 2.00 bits per heavy atom. The molecule has 0 spiro atoms. The molecule has 0 aromatic heterocycles. The van der Waals surface area contributed by atoms with E-state index in [1.807, 2.05) is 0 Å². The molecule has 0 unspecified atom stereocenters. The van der Waals surface area contributed by atoms with E-state index < -0.39 is 6.16 Å². The fourth-order valence-electron chi connectivity index (χ4n) is 1.18. The van der Waals surface area contributed by atoms with Crippen LogP contribution in [0.1, 0.15) is 0 Å². The number of anilines is 1. The summed E-state index contributed by atoms with van der Waals surface area (Å²) in [6.45, 7) is 0. The summed E-state index contributed by atoms with van der Waals surface area (Å²) in [6.07, 6.45) is -0.843. The van der Waals surface area contributed by atoms with Crippen molar-refractivity contribution in [3.05, 3.63) is 24.3 Å². The van der Waals surface area contributed by atoms with E-state index >= 15 is 0 Å². The highest BCUT2D eigenvalue weighted by atomic mass is 35.5. The molecule has 1 amide bonds. The first-order valence-electron chi connectivity index (χ1n) is 4.77. The Morgan fingerprint density at radius 1 is 1.35 bits per heavy atom. The van der Waals surface area contributed by atoms with Crippen LogP contribution in [-0.2, 0) is 9.53 Å². The summed E-state index contributed by atoms with van der Waals surface area (Å²) in [5, 5.41) is 0. The molecule has 0 N–H and O–H groups in total. The number of rotatable bonds is 3. The minimum Gasteiger partial charge on any atom is -0.437 e. The Kier molecular flexibility index (Phi) is 4.78. The summed E-state index contributed by atoms with van der Waals surface area (Å²) >= 11 is 5.46. The van der Waals surface area contributed by atoms with Gasteiger partial charge < -0.3 is 14.4 Å². The molecule has 0 aliphatic carbocycles. The fraction of sp³-hybridized carbons (Fsp3) is 0.273. The molecule has 6 heteroatoms. The first-order valence-corrected chi connectivity index (χ1v) is 5.31. The number of carbonyl (C=O) groups excluding carboxylic acids is 2. The molecule has 0 aliphatic heterocycles. The van der Waals surface area contributed by atoms with Gasteiger partial charge in [-0.05, 0) is 12.1 Å². The number of amides is 1. The number of para-hydroxylation sites is 2. The largest absolute Gasteiger partial charge is 0.513 e. The Balaban J connectivity index is 2.99. The normalized spacial score (nSPS) is 9.59. The Morgan fingerprint density at radius 3 is 2.59 bits per heavy atom. The van der Waals surface area contributed by atoms with Crippen molar-refractivity contribution < 1.29 is 19.1 Å². The maximum absolute atomic E-state index is 11.4. The number of benzene rings is 1. The second kappa shape index (κ2) is 6.10. The van der Waals surface area contributed by atoms with Gasteiger partial charge in [-0.25, -0.2) is 4.79 Å². The maximum Gasteiger partial charge on any atom is 0.513 e. The molecule has 1 aromatic carbocycles. The van der Waals surface area contributed by atoms with E-state index in [0.29, 0.717) is 5.69 Å².